The summed E-state index contributed by atoms with van der Waals surface area (Å²) in [4.78, 5) is 27.7. The highest BCUT2D eigenvalue weighted by molar-refractivity contribution is 5.75. The molecule has 30 heavy (non-hydrogen) atoms. The largest absolute Gasteiger partial charge is 0.465 e. The molecule has 0 radical (unpaired) electrons. The van der Waals surface area contributed by atoms with Gasteiger partial charge in [0.05, 0.1) is 18.4 Å². The Hall–Kier alpha value is -1.10. The van der Waals surface area contributed by atoms with Crippen molar-refractivity contribution in [2.75, 3.05) is 13.7 Å². The van der Waals surface area contributed by atoms with E-state index in [0.29, 0.717) is 12.5 Å². The van der Waals surface area contributed by atoms with Crippen molar-refractivity contribution < 1.29 is 19.1 Å². The molecule has 1 heterocycles. The molecule has 0 aromatic heterocycles. The number of hydrogen-bond acceptors (Lipinski definition) is 5. The Kier molecular flexibility index (Phi) is 7.21. The van der Waals surface area contributed by atoms with Crippen molar-refractivity contribution in [1.82, 2.24) is 4.90 Å². The van der Waals surface area contributed by atoms with Crippen LogP contribution >= 0.6 is 0 Å². The fourth-order valence-corrected chi connectivity index (χ4v) is 5.75. The topological polar surface area (TPSA) is 55.8 Å². The number of nitrogens with zero attached hydrogens (tertiary/aromatic N) is 1. The van der Waals surface area contributed by atoms with Gasteiger partial charge in [-0.2, -0.15) is 0 Å². The number of carbonyl (C=O) groups excluding carboxylic acids is 2. The molecule has 3 fully saturated rings. The van der Waals surface area contributed by atoms with Crippen molar-refractivity contribution >= 4 is 11.9 Å². The monoisotopic (exact) mass is 421 g/mol. The summed E-state index contributed by atoms with van der Waals surface area (Å²) in [6.07, 6.45) is 8.91. The van der Waals surface area contributed by atoms with Crippen LogP contribution in [0.3, 0.4) is 0 Å². The number of carbonyl (C=O) groups is 2. The maximum absolute atomic E-state index is 12.8. The molecule has 3 rings (SSSR count). The Morgan fingerprint density at radius 3 is 2.03 bits per heavy atom. The first-order valence-corrected chi connectivity index (χ1v) is 12.1. The van der Waals surface area contributed by atoms with Crippen molar-refractivity contribution in [3.8, 4) is 0 Å². The van der Waals surface area contributed by atoms with Crippen molar-refractivity contribution in [2.24, 2.45) is 23.7 Å². The van der Waals surface area contributed by atoms with Gasteiger partial charge in [0.2, 0.25) is 0 Å². The summed E-state index contributed by atoms with van der Waals surface area (Å²) in [6, 6.07) is 0. The van der Waals surface area contributed by atoms with Crippen molar-refractivity contribution in [3.63, 3.8) is 0 Å². The van der Waals surface area contributed by atoms with Gasteiger partial charge in [-0.25, -0.2) is 0 Å². The molecule has 1 aliphatic heterocycles. The van der Waals surface area contributed by atoms with E-state index in [1.165, 1.54) is 12.8 Å². The van der Waals surface area contributed by atoms with E-state index in [4.69, 9.17) is 9.47 Å². The van der Waals surface area contributed by atoms with Crippen LogP contribution in [0.15, 0.2) is 0 Å². The van der Waals surface area contributed by atoms with Gasteiger partial charge in [0.1, 0.15) is 6.10 Å². The van der Waals surface area contributed by atoms with E-state index < -0.39 is 0 Å². The SMILES string of the molecule is CC1CCC(OC(=O)C2CCC(COC(=O)C3CC(C)(C)N(C)C3(C)C)CC2)CC1. The number of likely N-dealkylation sites (tertiary alicyclic amines) is 1. The van der Waals surface area contributed by atoms with Gasteiger partial charge < -0.3 is 9.47 Å². The Morgan fingerprint density at radius 1 is 0.900 bits per heavy atom. The summed E-state index contributed by atoms with van der Waals surface area (Å²) in [5.74, 6) is 0.998. The first-order valence-electron chi connectivity index (χ1n) is 12.1. The smallest absolute Gasteiger partial charge is 0.310 e. The summed E-state index contributed by atoms with van der Waals surface area (Å²) in [5, 5.41) is 0. The second-order valence-electron chi connectivity index (χ2n) is 11.4. The molecule has 2 saturated carbocycles. The number of esters is 2. The molecule has 1 unspecified atom stereocenters. The third kappa shape index (κ3) is 5.20. The lowest BCUT2D eigenvalue weighted by Gasteiger charge is -2.38. The molecule has 1 saturated heterocycles. The van der Waals surface area contributed by atoms with E-state index in [2.05, 4.69) is 46.6 Å². The number of hydrogen-bond donors (Lipinski definition) is 0. The molecule has 2 aliphatic carbocycles. The maximum atomic E-state index is 12.8. The third-order valence-corrected chi connectivity index (χ3v) is 8.50. The van der Waals surface area contributed by atoms with E-state index in [-0.39, 0.29) is 41.0 Å². The molecule has 172 valence electrons. The molecule has 0 spiro atoms. The Morgan fingerprint density at radius 2 is 1.50 bits per heavy atom. The van der Waals surface area contributed by atoms with Crippen LogP contribution in [0, 0.1) is 23.7 Å². The molecule has 5 nitrogen and oxygen atoms in total. The minimum atomic E-state index is -0.196. The van der Waals surface area contributed by atoms with Crippen LogP contribution < -0.4 is 0 Å². The van der Waals surface area contributed by atoms with Crippen LogP contribution in [0.25, 0.3) is 0 Å². The predicted molar refractivity (Wildman–Crippen MR) is 118 cm³/mol. The van der Waals surface area contributed by atoms with Gasteiger partial charge in [-0.3, -0.25) is 14.5 Å². The van der Waals surface area contributed by atoms with Gasteiger partial charge in [-0.1, -0.05) is 6.92 Å². The highest BCUT2D eigenvalue weighted by Gasteiger charge is 2.53. The van der Waals surface area contributed by atoms with Gasteiger partial charge in [0, 0.05) is 11.1 Å². The predicted octanol–water partition coefficient (Wildman–Crippen LogP) is 4.97. The second-order valence-corrected chi connectivity index (χ2v) is 11.4. The van der Waals surface area contributed by atoms with Gasteiger partial charge in [0.15, 0.2) is 0 Å². The summed E-state index contributed by atoms with van der Waals surface area (Å²) >= 11 is 0. The zero-order valence-corrected chi connectivity index (χ0v) is 20.0. The molecule has 5 heteroatoms. The quantitative estimate of drug-likeness (QED) is 0.587. The fraction of sp³-hybridized carbons (Fsp3) is 0.920. The molecule has 0 amide bonds. The minimum absolute atomic E-state index is 0.00197. The first-order chi connectivity index (χ1) is 14.0. The zero-order valence-electron chi connectivity index (χ0n) is 20.0. The maximum Gasteiger partial charge on any atom is 0.310 e. The van der Waals surface area contributed by atoms with Gasteiger partial charge >= 0.3 is 11.9 Å². The Balaban J connectivity index is 1.40. The van der Waals surface area contributed by atoms with Crippen LogP contribution in [0.4, 0.5) is 0 Å². The average molecular weight is 422 g/mol. The highest BCUT2D eigenvalue weighted by Crippen LogP contribution is 2.44. The van der Waals surface area contributed by atoms with Crippen LogP contribution in [0.2, 0.25) is 0 Å². The Bertz CT molecular complexity index is 613. The van der Waals surface area contributed by atoms with Crippen molar-refractivity contribution in [2.45, 2.75) is 110 Å². The molecule has 3 aliphatic rings. The van der Waals surface area contributed by atoms with Crippen molar-refractivity contribution in [3.05, 3.63) is 0 Å². The molecule has 0 N–H and O–H groups in total. The average Bonchev–Trinajstić information content (AvgIpc) is 2.87. The van der Waals surface area contributed by atoms with Crippen LogP contribution in [-0.4, -0.2) is 47.7 Å². The second kappa shape index (κ2) is 9.18. The molecule has 0 aromatic rings. The van der Waals surface area contributed by atoms with E-state index in [0.717, 1.165) is 50.9 Å². The molecule has 1 atom stereocenters. The van der Waals surface area contributed by atoms with Crippen molar-refractivity contribution in [1.29, 1.82) is 0 Å². The summed E-state index contributed by atoms with van der Waals surface area (Å²) in [6.45, 7) is 11.4. The zero-order chi connectivity index (χ0) is 22.1. The molecular weight excluding hydrogens is 378 g/mol. The minimum Gasteiger partial charge on any atom is -0.465 e. The lowest BCUT2D eigenvalue weighted by Crippen LogP contribution is -2.48. The van der Waals surface area contributed by atoms with Crippen LogP contribution in [-0.2, 0) is 19.1 Å². The van der Waals surface area contributed by atoms with Crippen LogP contribution in [0.1, 0.15) is 92.4 Å². The Labute approximate surface area is 183 Å². The lowest BCUT2D eigenvalue weighted by molar-refractivity contribution is -0.159. The third-order valence-electron chi connectivity index (χ3n) is 8.50. The van der Waals surface area contributed by atoms with E-state index >= 15 is 0 Å². The standard InChI is InChI=1S/C25H43NO4/c1-17-7-13-20(14-8-17)30-22(27)19-11-9-18(10-12-19)16-29-23(28)21-15-24(2,3)26(6)25(21,4)5/h17-21H,7-16H2,1-6H3. The van der Waals surface area contributed by atoms with E-state index in [1.807, 2.05) is 0 Å². The summed E-state index contributed by atoms with van der Waals surface area (Å²) in [7, 11) is 2.10. The van der Waals surface area contributed by atoms with Crippen LogP contribution in [0.5, 0.6) is 0 Å². The normalized spacial score (nSPS) is 36.3. The van der Waals surface area contributed by atoms with Gasteiger partial charge in [0.25, 0.3) is 0 Å². The van der Waals surface area contributed by atoms with E-state index in [9.17, 15) is 9.59 Å². The fourth-order valence-electron chi connectivity index (χ4n) is 5.75. The number of rotatable bonds is 5. The summed E-state index contributed by atoms with van der Waals surface area (Å²) in [5.41, 5.74) is -0.194. The summed E-state index contributed by atoms with van der Waals surface area (Å²) < 4.78 is 11.6. The lowest BCUT2D eigenvalue weighted by atomic mass is 9.82. The molecule has 0 bridgehead atoms. The number of ether oxygens (including phenoxy) is 2. The highest BCUT2D eigenvalue weighted by atomic mass is 16.5. The van der Waals surface area contributed by atoms with Gasteiger partial charge in [-0.15, -0.1) is 0 Å². The van der Waals surface area contributed by atoms with Gasteiger partial charge in [-0.05, 0) is 104 Å². The van der Waals surface area contributed by atoms with E-state index in [1.54, 1.807) is 0 Å². The molecule has 0 aromatic carbocycles. The molecular formula is C25H43NO4. The first kappa shape index (κ1) is 23.6.